The summed E-state index contributed by atoms with van der Waals surface area (Å²) < 4.78 is 41.3. The molecular weight excluding hydrogens is 337 g/mol. The van der Waals surface area contributed by atoms with Gasteiger partial charge in [0.1, 0.15) is 5.75 Å². The molecule has 5 N–H and O–H groups in total. The van der Waals surface area contributed by atoms with E-state index in [1.807, 2.05) is 0 Å². The predicted octanol–water partition coefficient (Wildman–Crippen LogP) is 1.91. The number of benzene rings is 2. The van der Waals surface area contributed by atoms with E-state index in [1.165, 1.54) is 24.4 Å². The minimum Gasteiger partial charge on any atom is -0.507 e. The van der Waals surface area contributed by atoms with Crippen molar-refractivity contribution in [1.29, 1.82) is 0 Å². The van der Waals surface area contributed by atoms with E-state index in [1.54, 1.807) is 0 Å². The summed E-state index contributed by atoms with van der Waals surface area (Å²) in [6, 6.07) is 7.32. The molecule has 24 heavy (non-hydrogen) atoms. The number of aromatic amines is 1. The maximum atomic E-state index is 14.4. The van der Waals surface area contributed by atoms with Crippen molar-refractivity contribution in [1.82, 2.24) is 4.98 Å². The van der Waals surface area contributed by atoms with Crippen molar-refractivity contribution in [3.63, 3.8) is 0 Å². The molecule has 0 unspecified atom stereocenters. The molecule has 1 amide bonds. The molecule has 3 aromatic rings. The number of sulfonamides is 1. The van der Waals surface area contributed by atoms with Crippen LogP contribution in [-0.2, 0) is 10.0 Å². The van der Waals surface area contributed by atoms with E-state index >= 15 is 0 Å². The van der Waals surface area contributed by atoms with Crippen LogP contribution in [0.25, 0.3) is 10.9 Å². The largest absolute Gasteiger partial charge is 0.507 e. The predicted molar refractivity (Wildman–Crippen MR) is 85.7 cm³/mol. The number of amides is 1. The van der Waals surface area contributed by atoms with Crippen LogP contribution < -0.4 is 10.5 Å². The van der Waals surface area contributed by atoms with Crippen LogP contribution in [0.2, 0.25) is 0 Å². The van der Waals surface area contributed by atoms with Crippen LogP contribution in [0.5, 0.6) is 5.75 Å². The first kappa shape index (κ1) is 15.8. The van der Waals surface area contributed by atoms with Gasteiger partial charge in [-0.25, -0.2) is 12.8 Å². The highest BCUT2D eigenvalue weighted by Gasteiger charge is 2.20. The number of phenols is 1. The monoisotopic (exact) mass is 349 g/mol. The van der Waals surface area contributed by atoms with Crippen molar-refractivity contribution < 1.29 is 22.7 Å². The molecule has 0 aliphatic rings. The molecule has 3 rings (SSSR count). The molecule has 0 aliphatic heterocycles. The minimum absolute atomic E-state index is 0.235. The molecule has 1 aromatic heterocycles. The van der Waals surface area contributed by atoms with Crippen molar-refractivity contribution in [2.24, 2.45) is 5.73 Å². The van der Waals surface area contributed by atoms with Crippen LogP contribution in [0.1, 0.15) is 10.4 Å². The lowest BCUT2D eigenvalue weighted by molar-refractivity contribution is 0.0997. The smallest absolute Gasteiger partial charge is 0.262 e. The van der Waals surface area contributed by atoms with Gasteiger partial charge in [-0.3, -0.25) is 9.52 Å². The van der Waals surface area contributed by atoms with E-state index < -0.39 is 27.5 Å². The van der Waals surface area contributed by atoms with Crippen LogP contribution in [0.15, 0.2) is 47.5 Å². The molecule has 7 nitrogen and oxygen atoms in total. The number of anilines is 1. The molecule has 1 heterocycles. The van der Waals surface area contributed by atoms with E-state index in [-0.39, 0.29) is 21.5 Å². The Labute approximate surface area is 136 Å². The van der Waals surface area contributed by atoms with Gasteiger partial charge in [-0.1, -0.05) is 0 Å². The van der Waals surface area contributed by atoms with E-state index in [9.17, 15) is 22.7 Å². The number of nitrogens with two attached hydrogens (primary N) is 1. The third-order valence-corrected chi connectivity index (χ3v) is 4.82. The first-order valence-electron chi connectivity index (χ1n) is 6.71. The molecule has 0 spiro atoms. The van der Waals surface area contributed by atoms with E-state index in [0.717, 1.165) is 18.2 Å². The lowest BCUT2D eigenvalue weighted by Crippen LogP contribution is -2.16. The van der Waals surface area contributed by atoms with Gasteiger partial charge in [0.2, 0.25) is 0 Å². The van der Waals surface area contributed by atoms with Gasteiger partial charge < -0.3 is 15.8 Å². The Morgan fingerprint density at radius 1 is 1.21 bits per heavy atom. The Hall–Kier alpha value is -3.07. The minimum atomic E-state index is -4.18. The van der Waals surface area contributed by atoms with Gasteiger partial charge in [0.15, 0.2) is 5.82 Å². The molecule has 0 saturated heterocycles. The summed E-state index contributed by atoms with van der Waals surface area (Å²) >= 11 is 0. The topological polar surface area (TPSA) is 125 Å². The molecule has 9 heteroatoms. The highest BCUT2D eigenvalue weighted by Crippen LogP contribution is 2.27. The zero-order valence-electron chi connectivity index (χ0n) is 12.1. The first-order chi connectivity index (χ1) is 11.3. The van der Waals surface area contributed by atoms with Gasteiger partial charge in [0.05, 0.1) is 16.1 Å². The van der Waals surface area contributed by atoms with Crippen molar-refractivity contribution in [2.75, 3.05) is 4.72 Å². The Balaban J connectivity index is 2.03. The number of carbonyl (C=O) groups is 1. The van der Waals surface area contributed by atoms with Crippen LogP contribution in [0.3, 0.4) is 0 Å². The Kier molecular flexibility index (Phi) is 3.64. The zero-order chi connectivity index (χ0) is 17.5. The summed E-state index contributed by atoms with van der Waals surface area (Å²) in [5.41, 5.74) is 5.01. The summed E-state index contributed by atoms with van der Waals surface area (Å²) in [6.07, 6.45) is 1.53. The van der Waals surface area contributed by atoms with Gasteiger partial charge in [-0.2, -0.15) is 0 Å². The number of carbonyl (C=O) groups excluding carboxylic acids is 1. The highest BCUT2D eigenvalue weighted by atomic mass is 32.2. The zero-order valence-corrected chi connectivity index (χ0v) is 12.9. The standard InChI is InChI=1S/C15H12FN3O4S/c16-14-9-5-6-18-11(9)2-3-12(14)19-24(22,23)8-1-4-13(20)10(7-8)15(17)21/h1-7,18-20H,(H2,17,21). The number of nitrogens with one attached hydrogen (secondary N) is 2. The van der Waals surface area contributed by atoms with Gasteiger partial charge in [-0.15, -0.1) is 0 Å². The second-order valence-electron chi connectivity index (χ2n) is 5.01. The SMILES string of the molecule is NC(=O)c1cc(S(=O)(=O)Nc2ccc3[nH]ccc3c2F)ccc1O. The second kappa shape index (κ2) is 5.53. The summed E-state index contributed by atoms with van der Waals surface area (Å²) in [7, 11) is -4.18. The number of aromatic hydroxyl groups is 1. The third-order valence-electron chi connectivity index (χ3n) is 3.46. The fourth-order valence-corrected chi connectivity index (χ4v) is 3.34. The van der Waals surface area contributed by atoms with Crippen LogP contribution >= 0.6 is 0 Å². The Morgan fingerprint density at radius 3 is 2.67 bits per heavy atom. The summed E-state index contributed by atoms with van der Waals surface area (Å²) in [4.78, 5) is 13.7. The fraction of sp³-hybridized carbons (Fsp3) is 0. The maximum Gasteiger partial charge on any atom is 0.262 e. The molecule has 0 bridgehead atoms. The third kappa shape index (κ3) is 2.65. The fourth-order valence-electron chi connectivity index (χ4n) is 2.26. The molecule has 0 radical (unpaired) electrons. The van der Waals surface area contributed by atoms with Crippen molar-refractivity contribution in [3.8, 4) is 5.75 Å². The normalized spacial score (nSPS) is 11.5. The number of primary amides is 1. The molecule has 0 atom stereocenters. The number of rotatable bonds is 4. The molecule has 124 valence electrons. The summed E-state index contributed by atoms with van der Waals surface area (Å²) in [5, 5.41) is 9.76. The quantitative estimate of drug-likeness (QED) is 0.574. The van der Waals surface area contributed by atoms with E-state index in [4.69, 9.17) is 5.73 Å². The number of fused-ring (bicyclic) bond motifs is 1. The number of H-pyrrole nitrogens is 1. The maximum absolute atomic E-state index is 14.4. The van der Waals surface area contributed by atoms with Crippen LogP contribution in [0, 0.1) is 5.82 Å². The average molecular weight is 349 g/mol. The van der Waals surface area contributed by atoms with Gasteiger partial charge >= 0.3 is 0 Å². The van der Waals surface area contributed by atoms with E-state index in [0.29, 0.717) is 5.52 Å². The summed E-state index contributed by atoms with van der Waals surface area (Å²) in [5.74, 6) is -2.16. The molecular formula is C15H12FN3O4S. The Bertz CT molecular complexity index is 1060. The summed E-state index contributed by atoms with van der Waals surface area (Å²) in [6.45, 7) is 0. The molecule has 0 aliphatic carbocycles. The van der Waals surface area contributed by atoms with Crippen molar-refractivity contribution in [2.45, 2.75) is 4.90 Å². The Morgan fingerprint density at radius 2 is 1.96 bits per heavy atom. The lowest BCUT2D eigenvalue weighted by Gasteiger charge is -2.11. The van der Waals surface area contributed by atoms with E-state index in [2.05, 4.69) is 9.71 Å². The number of hydrogen-bond acceptors (Lipinski definition) is 4. The molecule has 2 aromatic carbocycles. The number of aromatic nitrogens is 1. The lowest BCUT2D eigenvalue weighted by atomic mass is 10.2. The van der Waals surface area contributed by atoms with Crippen molar-refractivity contribution >= 4 is 32.5 Å². The van der Waals surface area contributed by atoms with Crippen molar-refractivity contribution in [3.05, 3.63) is 54.0 Å². The first-order valence-corrected chi connectivity index (χ1v) is 8.19. The van der Waals surface area contributed by atoms with Gasteiger partial charge in [0.25, 0.3) is 15.9 Å². The average Bonchev–Trinajstić information content (AvgIpc) is 2.99. The van der Waals surface area contributed by atoms with Gasteiger partial charge in [-0.05, 0) is 36.4 Å². The second-order valence-corrected chi connectivity index (χ2v) is 6.70. The molecule has 0 fully saturated rings. The van der Waals surface area contributed by atoms with Gasteiger partial charge in [0, 0.05) is 17.1 Å². The highest BCUT2D eigenvalue weighted by molar-refractivity contribution is 7.92. The number of hydrogen-bond donors (Lipinski definition) is 4. The number of halogens is 1. The van der Waals surface area contributed by atoms with Crippen LogP contribution in [0.4, 0.5) is 10.1 Å². The van der Waals surface area contributed by atoms with Crippen LogP contribution in [-0.4, -0.2) is 24.4 Å². The molecule has 0 saturated carbocycles.